The molecular formula is C12H17FN2O. The zero-order valence-corrected chi connectivity index (χ0v) is 9.43. The second-order valence-corrected chi connectivity index (χ2v) is 4.40. The normalized spacial score (nSPS) is 19.8. The first-order valence-electron chi connectivity index (χ1n) is 5.71. The summed E-state index contributed by atoms with van der Waals surface area (Å²) in [6, 6.07) is 3.29. The van der Waals surface area contributed by atoms with Crippen molar-refractivity contribution >= 4 is 5.69 Å². The highest BCUT2D eigenvalue weighted by atomic mass is 19.1. The summed E-state index contributed by atoms with van der Waals surface area (Å²) in [5, 5.41) is 9.49. The quantitative estimate of drug-likeness (QED) is 0.778. The second-order valence-electron chi connectivity index (χ2n) is 4.40. The van der Waals surface area contributed by atoms with Crippen LogP contribution >= 0.6 is 0 Å². The summed E-state index contributed by atoms with van der Waals surface area (Å²) in [4.78, 5) is 5.69. The highest BCUT2D eigenvalue weighted by Gasteiger charge is 2.22. The third-order valence-electron chi connectivity index (χ3n) is 3.30. The number of pyridine rings is 1. The summed E-state index contributed by atoms with van der Waals surface area (Å²) in [6.45, 7) is 3.59. The van der Waals surface area contributed by atoms with Gasteiger partial charge >= 0.3 is 0 Å². The van der Waals surface area contributed by atoms with E-state index in [9.17, 15) is 9.50 Å². The van der Waals surface area contributed by atoms with Crippen molar-refractivity contribution in [2.45, 2.75) is 25.9 Å². The van der Waals surface area contributed by atoms with E-state index in [2.05, 4.69) is 9.88 Å². The van der Waals surface area contributed by atoms with E-state index in [0.717, 1.165) is 31.6 Å². The minimum absolute atomic E-state index is 0.240. The molecule has 4 heteroatoms. The third-order valence-corrected chi connectivity index (χ3v) is 3.30. The number of aliphatic hydroxyl groups excluding tert-OH is 1. The van der Waals surface area contributed by atoms with Gasteiger partial charge in [-0.2, -0.15) is 4.39 Å². The first kappa shape index (κ1) is 11.3. The molecule has 1 atom stereocenters. The van der Waals surface area contributed by atoms with Crippen LogP contribution in [0.2, 0.25) is 0 Å². The second kappa shape index (κ2) is 4.78. The molecular weight excluding hydrogens is 207 g/mol. The number of anilines is 1. The van der Waals surface area contributed by atoms with Gasteiger partial charge in [0.15, 0.2) is 0 Å². The van der Waals surface area contributed by atoms with Crippen LogP contribution in [0.4, 0.5) is 10.1 Å². The minimum Gasteiger partial charge on any atom is -0.393 e. The molecule has 2 heterocycles. The molecule has 1 aromatic heterocycles. The lowest BCUT2D eigenvalue weighted by atomic mass is 9.92. The molecule has 1 saturated heterocycles. The molecule has 0 spiro atoms. The summed E-state index contributed by atoms with van der Waals surface area (Å²) in [6.07, 6.45) is 3.17. The van der Waals surface area contributed by atoms with Crippen LogP contribution in [0.1, 0.15) is 19.8 Å². The smallest absolute Gasteiger partial charge is 0.214 e. The van der Waals surface area contributed by atoms with E-state index in [0.29, 0.717) is 5.92 Å². The highest BCUT2D eigenvalue weighted by Crippen LogP contribution is 2.25. The van der Waals surface area contributed by atoms with Gasteiger partial charge in [-0.05, 0) is 31.7 Å². The lowest BCUT2D eigenvalue weighted by Gasteiger charge is -2.34. The summed E-state index contributed by atoms with van der Waals surface area (Å²) >= 11 is 0. The van der Waals surface area contributed by atoms with Crippen molar-refractivity contribution in [1.82, 2.24) is 4.98 Å². The van der Waals surface area contributed by atoms with Crippen LogP contribution < -0.4 is 4.90 Å². The fourth-order valence-electron chi connectivity index (χ4n) is 2.23. The summed E-state index contributed by atoms with van der Waals surface area (Å²) in [7, 11) is 0. The Kier molecular flexibility index (Phi) is 3.39. The van der Waals surface area contributed by atoms with Gasteiger partial charge < -0.3 is 10.0 Å². The maximum atomic E-state index is 12.9. The van der Waals surface area contributed by atoms with Gasteiger partial charge in [0, 0.05) is 31.0 Å². The molecule has 16 heavy (non-hydrogen) atoms. The average Bonchev–Trinajstić information content (AvgIpc) is 2.29. The van der Waals surface area contributed by atoms with Crippen molar-refractivity contribution < 1.29 is 9.50 Å². The molecule has 1 aliphatic rings. The van der Waals surface area contributed by atoms with E-state index in [4.69, 9.17) is 0 Å². The van der Waals surface area contributed by atoms with E-state index >= 15 is 0 Å². The van der Waals surface area contributed by atoms with Crippen molar-refractivity contribution in [2.24, 2.45) is 5.92 Å². The Balaban J connectivity index is 1.99. The number of rotatable bonds is 2. The van der Waals surface area contributed by atoms with E-state index < -0.39 is 5.95 Å². The van der Waals surface area contributed by atoms with Crippen LogP contribution in [-0.2, 0) is 0 Å². The number of aromatic nitrogens is 1. The zero-order valence-electron chi connectivity index (χ0n) is 9.43. The SMILES string of the molecule is CC(O)C1CCN(c2ccnc(F)c2)CC1. The van der Waals surface area contributed by atoms with Gasteiger partial charge in [0.2, 0.25) is 5.95 Å². The molecule has 3 nitrogen and oxygen atoms in total. The maximum Gasteiger partial charge on any atom is 0.214 e. The summed E-state index contributed by atoms with van der Waals surface area (Å²) < 4.78 is 12.9. The first-order valence-corrected chi connectivity index (χ1v) is 5.71. The van der Waals surface area contributed by atoms with Crippen molar-refractivity contribution in [3.8, 4) is 0 Å². The topological polar surface area (TPSA) is 36.4 Å². The van der Waals surface area contributed by atoms with Crippen molar-refractivity contribution in [2.75, 3.05) is 18.0 Å². The number of hydrogen-bond donors (Lipinski definition) is 1. The van der Waals surface area contributed by atoms with Crippen LogP contribution in [0, 0.1) is 11.9 Å². The predicted octanol–water partition coefficient (Wildman–Crippen LogP) is 1.82. The molecule has 0 radical (unpaired) electrons. The Hall–Kier alpha value is -1.16. The maximum absolute atomic E-state index is 12.9. The van der Waals surface area contributed by atoms with Crippen LogP contribution in [0.3, 0.4) is 0 Å². The standard InChI is InChI=1S/C12H17FN2O/c1-9(16)10-3-6-15(7-4-10)11-2-5-14-12(13)8-11/h2,5,8-10,16H,3-4,6-7H2,1H3. The van der Waals surface area contributed by atoms with Gasteiger partial charge in [0.05, 0.1) is 6.10 Å². The van der Waals surface area contributed by atoms with Crippen LogP contribution in [-0.4, -0.2) is 29.3 Å². The first-order chi connectivity index (χ1) is 7.66. The van der Waals surface area contributed by atoms with Gasteiger partial charge in [-0.15, -0.1) is 0 Å². The molecule has 0 bridgehead atoms. The van der Waals surface area contributed by atoms with Crippen LogP contribution in [0.5, 0.6) is 0 Å². The average molecular weight is 224 g/mol. The molecule has 1 aromatic rings. The Bertz CT molecular complexity index is 349. The van der Waals surface area contributed by atoms with Gasteiger partial charge in [-0.3, -0.25) is 0 Å². The van der Waals surface area contributed by atoms with Gasteiger partial charge in [0.1, 0.15) is 0 Å². The Morgan fingerprint density at radius 2 is 2.19 bits per heavy atom. The van der Waals surface area contributed by atoms with E-state index in [1.54, 1.807) is 0 Å². The lowest BCUT2D eigenvalue weighted by molar-refractivity contribution is 0.110. The van der Waals surface area contributed by atoms with Crippen LogP contribution in [0.15, 0.2) is 18.3 Å². The number of halogens is 1. The molecule has 0 saturated carbocycles. The van der Waals surface area contributed by atoms with Crippen molar-refractivity contribution in [3.05, 3.63) is 24.3 Å². The van der Waals surface area contributed by atoms with Crippen molar-refractivity contribution in [3.63, 3.8) is 0 Å². The molecule has 88 valence electrons. The minimum atomic E-state index is -0.435. The molecule has 1 unspecified atom stereocenters. The summed E-state index contributed by atoms with van der Waals surface area (Å²) in [5.74, 6) is -0.0573. The number of hydrogen-bond acceptors (Lipinski definition) is 3. The zero-order chi connectivity index (χ0) is 11.5. The monoisotopic (exact) mass is 224 g/mol. The Labute approximate surface area is 94.9 Å². The lowest BCUT2D eigenvalue weighted by Crippen LogP contribution is -2.37. The Morgan fingerprint density at radius 3 is 2.75 bits per heavy atom. The molecule has 2 rings (SSSR count). The van der Waals surface area contributed by atoms with Crippen molar-refractivity contribution in [1.29, 1.82) is 0 Å². The number of nitrogens with zero attached hydrogens (tertiary/aromatic N) is 2. The fraction of sp³-hybridized carbons (Fsp3) is 0.583. The number of aliphatic hydroxyl groups is 1. The molecule has 0 aromatic carbocycles. The Morgan fingerprint density at radius 1 is 1.50 bits per heavy atom. The highest BCUT2D eigenvalue weighted by molar-refractivity contribution is 5.45. The third kappa shape index (κ3) is 2.50. The molecule has 0 aliphatic carbocycles. The van der Waals surface area contributed by atoms with E-state index in [-0.39, 0.29) is 6.10 Å². The molecule has 1 aliphatic heterocycles. The van der Waals surface area contributed by atoms with Gasteiger partial charge in [-0.1, -0.05) is 0 Å². The molecule has 0 amide bonds. The summed E-state index contributed by atoms with van der Waals surface area (Å²) in [5.41, 5.74) is 0.886. The molecule has 1 N–H and O–H groups in total. The van der Waals surface area contributed by atoms with Gasteiger partial charge in [-0.25, -0.2) is 4.98 Å². The fourth-order valence-corrected chi connectivity index (χ4v) is 2.23. The van der Waals surface area contributed by atoms with Gasteiger partial charge in [0.25, 0.3) is 0 Å². The number of piperidine rings is 1. The van der Waals surface area contributed by atoms with E-state index in [1.165, 1.54) is 12.3 Å². The largest absolute Gasteiger partial charge is 0.393 e. The predicted molar refractivity (Wildman–Crippen MR) is 60.8 cm³/mol. The van der Waals surface area contributed by atoms with E-state index in [1.807, 2.05) is 13.0 Å². The molecule has 1 fully saturated rings. The van der Waals surface area contributed by atoms with Crippen LogP contribution in [0.25, 0.3) is 0 Å².